The zero-order chi connectivity index (χ0) is 20.2. The molecular formula is C23H18N2O3S. The molecule has 1 amide bonds. The minimum absolute atomic E-state index is 0.121. The van der Waals surface area contributed by atoms with E-state index in [0.29, 0.717) is 16.3 Å². The number of nitrogens with zero attached hydrogens (tertiary/aromatic N) is 1. The summed E-state index contributed by atoms with van der Waals surface area (Å²) in [5, 5.41) is 13.8. The van der Waals surface area contributed by atoms with Crippen LogP contribution in [0.25, 0.3) is 26.9 Å². The molecule has 0 bridgehead atoms. The number of phenolic OH excluding ortho intramolecular Hbond substituents is 1. The zero-order valence-corrected chi connectivity index (χ0v) is 16.4. The molecule has 0 atom stereocenters. The number of anilines is 1. The van der Waals surface area contributed by atoms with E-state index in [1.165, 1.54) is 17.4 Å². The lowest BCUT2D eigenvalue weighted by atomic mass is 10.1. The number of carbonyl (C=O) groups excluding carboxylic acids is 1. The van der Waals surface area contributed by atoms with Gasteiger partial charge in [0.25, 0.3) is 0 Å². The monoisotopic (exact) mass is 402 g/mol. The summed E-state index contributed by atoms with van der Waals surface area (Å²) in [5.41, 5.74) is 2.94. The normalized spacial score (nSPS) is 11.1. The molecule has 5 nitrogen and oxygen atoms in total. The second-order valence-electron chi connectivity index (χ2n) is 6.31. The highest BCUT2D eigenvalue weighted by atomic mass is 32.1. The van der Waals surface area contributed by atoms with Crippen molar-refractivity contribution in [2.45, 2.75) is 0 Å². The predicted molar refractivity (Wildman–Crippen MR) is 117 cm³/mol. The molecule has 1 heterocycles. The summed E-state index contributed by atoms with van der Waals surface area (Å²) >= 11 is 1.49. The summed E-state index contributed by atoms with van der Waals surface area (Å²) in [4.78, 5) is 16.9. The molecule has 0 aliphatic heterocycles. The van der Waals surface area contributed by atoms with Crippen LogP contribution in [0.15, 0.2) is 72.8 Å². The molecule has 6 heteroatoms. The Bertz CT molecular complexity index is 1160. The molecular weight excluding hydrogens is 384 g/mol. The Morgan fingerprint density at radius 2 is 1.90 bits per heavy atom. The average molecular weight is 402 g/mol. The number of methoxy groups -OCH3 is 1. The molecule has 2 N–H and O–H groups in total. The molecule has 0 fully saturated rings. The quantitative estimate of drug-likeness (QED) is 0.350. The van der Waals surface area contributed by atoms with Gasteiger partial charge in [-0.3, -0.25) is 4.79 Å². The van der Waals surface area contributed by atoms with Gasteiger partial charge in [0.15, 0.2) is 0 Å². The van der Waals surface area contributed by atoms with Gasteiger partial charge in [0, 0.05) is 11.8 Å². The number of nitrogens with one attached hydrogen (secondary N) is 1. The molecule has 4 rings (SSSR count). The molecule has 4 aromatic rings. The Kier molecular flexibility index (Phi) is 5.27. The van der Waals surface area contributed by atoms with Crippen LogP contribution >= 0.6 is 11.3 Å². The number of rotatable bonds is 5. The van der Waals surface area contributed by atoms with E-state index in [4.69, 9.17) is 4.74 Å². The average Bonchev–Trinajstić information content (AvgIpc) is 3.18. The highest BCUT2D eigenvalue weighted by molar-refractivity contribution is 7.21. The Morgan fingerprint density at radius 3 is 2.66 bits per heavy atom. The third kappa shape index (κ3) is 4.28. The first-order chi connectivity index (χ1) is 14.1. The van der Waals surface area contributed by atoms with E-state index in [9.17, 15) is 9.90 Å². The van der Waals surface area contributed by atoms with Gasteiger partial charge in [-0.15, -0.1) is 11.3 Å². The lowest BCUT2D eigenvalue weighted by Gasteiger charge is -2.06. The Balaban J connectivity index is 1.52. The first-order valence-electron chi connectivity index (χ1n) is 8.94. The fraction of sp³-hybridized carbons (Fsp3) is 0.0435. The Labute approximate surface area is 171 Å². The standard InChI is InChI=1S/C23H18N2O3S/c1-28-17-10-6-15(7-11-17)8-13-22(27)24-16-9-12-20(26)18(14-16)23-25-19-4-2-3-5-21(19)29-23/h2-14,26H,1H3,(H,24,27). The Morgan fingerprint density at radius 1 is 1.10 bits per heavy atom. The molecule has 0 radical (unpaired) electrons. The molecule has 0 spiro atoms. The van der Waals surface area contributed by atoms with E-state index in [-0.39, 0.29) is 11.7 Å². The maximum atomic E-state index is 12.3. The molecule has 0 aliphatic rings. The van der Waals surface area contributed by atoms with Crippen LogP contribution < -0.4 is 10.1 Å². The molecule has 0 unspecified atom stereocenters. The molecule has 29 heavy (non-hydrogen) atoms. The van der Waals surface area contributed by atoms with Gasteiger partial charge < -0.3 is 15.2 Å². The van der Waals surface area contributed by atoms with Crippen LogP contribution in [0.3, 0.4) is 0 Å². The third-order valence-electron chi connectivity index (χ3n) is 4.33. The smallest absolute Gasteiger partial charge is 0.248 e. The number of fused-ring (bicyclic) bond motifs is 1. The summed E-state index contributed by atoms with van der Waals surface area (Å²) in [5.74, 6) is 0.621. The second-order valence-corrected chi connectivity index (χ2v) is 7.35. The molecule has 3 aromatic carbocycles. The number of benzene rings is 3. The second kappa shape index (κ2) is 8.16. The van der Waals surface area contributed by atoms with Crippen molar-refractivity contribution in [1.29, 1.82) is 0 Å². The largest absolute Gasteiger partial charge is 0.507 e. The number of amides is 1. The fourth-order valence-electron chi connectivity index (χ4n) is 2.84. The zero-order valence-electron chi connectivity index (χ0n) is 15.6. The fourth-order valence-corrected chi connectivity index (χ4v) is 3.83. The lowest BCUT2D eigenvalue weighted by molar-refractivity contribution is -0.111. The van der Waals surface area contributed by atoms with Crippen molar-refractivity contribution in [3.63, 3.8) is 0 Å². The van der Waals surface area contributed by atoms with Crippen molar-refractivity contribution in [1.82, 2.24) is 4.98 Å². The van der Waals surface area contributed by atoms with Gasteiger partial charge in [-0.2, -0.15) is 0 Å². The topological polar surface area (TPSA) is 71.5 Å². The van der Waals surface area contributed by atoms with E-state index >= 15 is 0 Å². The van der Waals surface area contributed by atoms with Crippen LogP contribution in [0.2, 0.25) is 0 Å². The minimum atomic E-state index is -0.262. The number of hydrogen-bond donors (Lipinski definition) is 2. The maximum Gasteiger partial charge on any atom is 0.248 e. The first kappa shape index (κ1) is 18.7. The number of phenols is 1. The summed E-state index contributed by atoms with van der Waals surface area (Å²) < 4.78 is 6.16. The minimum Gasteiger partial charge on any atom is -0.507 e. The number of thiazole rings is 1. The van der Waals surface area contributed by atoms with E-state index in [1.54, 1.807) is 31.4 Å². The number of ether oxygens (including phenoxy) is 1. The van der Waals surface area contributed by atoms with Crippen molar-refractivity contribution in [2.24, 2.45) is 0 Å². The lowest BCUT2D eigenvalue weighted by Crippen LogP contribution is -2.07. The SMILES string of the molecule is COc1ccc(C=CC(=O)Nc2ccc(O)c(-c3nc4ccccc4s3)c2)cc1. The van der Waals surface area contributed by atoms with Crippen molar-refractivity contribution >= 4 is 39.2 Å². The summed E-state index contributed by atoms with van der Waals surface area (Å²) in [7, 11) is 1.61. The summed E-state index contributed by atoms with van der Waals surface area (Å²) in [6.07, 6.45) is 3.19. The van der Waals surface area contributed by atoms with E-state index in [1.807, 2.05) is 48.5 Å². The maximum absolute atomic E-state index is 12.3. The predicted octanol–water partition coefficient (Wildman–Crippen LogP) is 5.33. The number of hydrogen-bond acceptors (Lipinski definition) is 5. The molecule has 144 valence electrons. The summed E-state index contributed by atoms with van der Waals surface area (Å²) in [6, 6.07) is 20.2. The molecule has 0 saturated carbocycles. The van der Waals surface area contributed by atoms with Crippen molar-refractivity contribution < 1.29 is 14.6 Å². The van der Waals surface area contributed by atoms with Crippen molar-refractivity contribution in [3.05, 3.63) is 78.4 Å². The van der Waals surface area contributed by atoms with Gasteiger partial charge in [0.1, 0.15) is 16.5 Å². The van der Waals surface area contributed by atoms with Gasteiger partial charge in [0.05, 0.1) is 22.9 Å². The van der Waals surface area contributed by atoms with E-state index in [0.717, 1.165) is 21.5 Å². The molecule has 1 aromatic heterocycles. The van der Waals surface area contributed by atoms with Crippen LogP contribution in [0, 0.1) is 0 Å². The van der Waals surface area contributed by atoms with Gasteiger partial charge in [0.2, 0.25) is 5.91 Å². The summed E-state index contributed by atoms with van der Waals surface area (Å²) in [6.45, 7) is 0. The van der Waals surface area contributed by atoms with Gasteiger partial charge in [-0.25, -0.2) is 4.98 Å². The van der Waals surface area contributed by atoms with Crippen molar-refractivity contribution in [2.75, 3.05) is 12.4 Å². The van der Waals surface area contributed by atoms with Crippen LogP contribution in [-0.4, -0.2) is 23.1 Å². The highest BCUT2D eigenvalue weighted by Crippen LogP contribution is 2.36. The van der Waals surface area contributed by atoms with Gasteiger partial charge >= 0.3 is 0 Å². The van der Waals surface area contributed by atoms with Crippen LogP contribution in [-0.2, 0) is 4.79 Å². The number of para-hydroxylation sites is 1. The van der Waals surface area contributed by atoms with E-state index in [2.05, 4.69) is 10.3 Å². The van der Waals surface area contributed by atoms with Gasteiger partial charge in [-0.1, -0.05) is 24.3 Å². The molecule has 0 saturated heterocycles. The van der Waals surface area contributed by atoms with Crippen LogP contribution in [0.5, 0.6) is 11.5 Å². The number of carbonyl (C=O) groups is 1. The van der Waals surface area contributed by atoms with Crippen LogP contribution in [0.4, 0.5) is 5.69 Å². The van der Waals surface area contributed by atoms with Gasteiger partial charge in [-0.05, 0) is 54.1 Å². The molecule has 0 aliphatic carbocycles. The van der Waals surface area contributed by atoms with Crippen LogP contribution in [0.1, 0.15) is 5.56 Å². The highest BCUT2D eigenvalue weighted by Gasteiger charge is 2.12. The first-order valence-corrected chi connectivity index (χ1v) is 9.76. The third-order valence-corrected chi connectivity index (χ3v) is 5.40. The number of aromatic nitrogens is 1. The number of aromatic hydroxyl groups is 1. The van der Waals surface area contributed by atoms with E-state index < -0.39 is 0 Å². The van der Waals surface area contributed by atoms with Crippen molar-refractivity contribution in [3.8, 4) is 22.1 Å². The Hall–Kier alpha value is -3.64.